The molecule has 0 aliphatic carbocycles. The molecule has 0 bridgehead atoms. The van der Waals surface area contributed by atoms with Gasteiger partial charge in [0.2, 0.25) is 5.75 Å². The Labute approximate surface area is 130 Å². The number of methoxy groups -OCH3 is 1. The summed E-state index contributed by atoms with van der Waals surface area (Å²) in [6.45, 7) is 0. The third-order valence-corrected chi connectivity index (χ3v) is 2.94. The summed E-state index contributed by atoms with van der Waals surface area (Å²) in [7, 11) is 1.21. The smallest absolute Gasteiger partial charge is 0.313 e. The molecule has 1 aromatic heterocycles. The molecule has 8 heteroatoms. The van der Waals surface area contributed by atoms with Gasteiger partial charge in [0.25, 0.3) is 0 Å². The second kappa shape index (κ2) is 6.91. The lowest BCUT2D eigenvalue weighted by molar-refractivity contribution is -0.385. The highest BCUT2D eigenvalue weighted by molar-refractivity contribution is 5.89. The number of aromatic nitrogens is 1. The molecule has 0 fully saturated rings. The van der Waals surface area contributed by atoms with Gasteiger partial charge in [-0.1, -0.05) is 6.07 Å². The van der Waals surface area contributed by atoms with Gasteiger partial charge >= 0.3 is 5.69 Å². The first-order chi connectivity index (χ1) is 11.1. The Hall–Kier alpha value is -3.60. The summed E-state index contributed by atoms with van der Waals surface area (Å²) in [5.74, 6) is -0.224. The lowest BCUT2D eigenvalue weighted by Gasteiger charge is -2.05. The van der Waals surface area contributed by atoms with Gasteiger partial charge in [-0.2, -0.15) is 5.26 Å². The maximum Gasteiger partial charge on any atom is 0.313 e. The van der Waals surface area contributed by atoms with Crippen LogP contribution in [0.5, 0.6) is 5.75 Å². The molecule has 0 spiro atoms. The van der Waals surface area contributed by atoms with Gasteiger partial charge < -0.3 is 4.74 Å². The van der Waals surface area contributed by atoms with E-state index in [1.54, 1.807) is 18.2 Å². The molecule has 1 aromatic carbocycles. The summed E-state index contributed by atoms with van der Waals surface area (Å²) >= 11 is 0. The Balaban J connectivity index is 2.62. The van der Waals surface area contributed by atoms with Crippen molar-refractivity contribution >= 4 is 23.0 Å². The van der Waals surface area contributed by atoms with Crippen molar-refractivity contribution in [1.82, 2.24) is 4.98 Å². The third kappa shape index (κ3) is 3.36. The number of nitriles is 1. The molecule has 0 radical (unpaired) electrons. The number of hydrogen-bond acceptors (Lipinski definition) is 7. The first-order valence-corrected chi connectivity index (χ1v) is 6.33. The molecule has 23 heavy (non-hydrogen) atoms. The maximum atomic E-state index is 11.1. The molecule has 0 N–H and O–H groups in total. The van der Waals surface area contributed by atoms with Gasteiger partial charge in [-0.25, -0.2) is 0 Å². The average Bonchev–Trinajstić information content (AvgIpc) is 2.59. The fourth-order valence-electron chi connectivity index (χ4n) is 1.97. The highest BCUT2D eigenvalue weighted by atomic mass is 16.6. The molecule has 2 rings (SSSR count). The SMILES string of the molecule is COc1c(N=O)cc(/C=C(\C#N)c2ccccn2)cc1[N+](=O)[O-]. The van der Waals surface area contributed by atoms with Crippen molar-refractivity contribution in [3.8, 4) is 11.8 Å². The Morgan fingerprint density at radius 2 is 2.26 bits per heavy atom. The molecule has 1 heterocycles. The number of ether oxygens (including phenoxy) is 1. The molecule has 114 valence electrons. The lowest BCUT2D eigenvalue weighted by Crippen LogP contribution is -1.95. The van der Waals surface area contributed by atoms with Crippen LogP contribution in [-0.4, -0.2) is 17.0 Å². The molecule has 2 aromatic rings. The highest BCUT2D eigenvalue weighted by Crippen LogP contribution is 2.38. The van der Waals surface area contributed by atoms with Crippen LogP contribution in [0.1, 0.15) is 11.3 Å². The number of allylic oxidation sites excluding steroid dienone is 1. The maximum absolute atomic E-state index is 11.1. The fraction of sp³-hybridized carbons (Fsp3) is 0.0667. The minimum absolute atomic E-state index is 0.196. The monoisotopic (exact) mass is 310 g/mol. The number of nitro groups is 1. The highest BCUT2D eigenvalue weighted by Gasteiger charge is 2.21. The number of nitro benzene ring substituents is 1. The van der Waals surface area contributed by atoms with E-state index in [9.17, 15) is 20.3 Å². The summed E-state index contributed by atoms with van der Waals surface area (Å²) in [6.07, 6.45) is 2.92. The van der Waals surface area contributed by atoms with Crippen LogP contribution in [0.3, 0.4) is 0 Å². The van der Waals surface area contributed by atoms with Gasteiger partial charge in [0, 0.05) is 12.3 Å². The lowest BCUT2D eigenvalue weighted by atomic mass is 10.1. The number of benzene rings is 1. The van der Waals surface area contributed by atoms with Crippen molar-refractivity contribution in [1.29, 1.82) is 5.26 Å². The fourth-order valence-corrected chi connectivity index (χ4v) is 1.97. The van der Waals surface area contributed by atoms with Crippen molar-refractivity contribution in [2.45, 2.75) is 0 Å². The Kier molecular flexibility index (Phi) is 4.74. The van der Waals surface area contributed by atoms with Gasteiger partial charge in [0.1, 0.15) is 6.07 Å². The van der Waals surface area contributed by atoms with Crippen LogP contribution in [0.25, 0.3) is 11.6 Å². The molecule has 0 amide bonds. The third-order valence-electron chi connectivity index (χ3n) is 2.94. The van der Waals surface area contributed by atoms with Gasteiger partial charge in [-0.3, -0.25) is 15.1 Å². The van der Waals surface area contributed by atoms with E-state index >= 15 is 0 Å². The molecule has 0 aliphatic rings. The van der Waals surface area contributed by atoms with Crippen LogP contribution in [0.15, 0.2) is 41.7 Å². The predicted octanol–water partition coefficient (Wildman–Crippen LogP) is 3.46. The van der Waals surface area contributed by atoms with Crippen LogP contribution in [0.2, 0.25) is 0 Å². The summed E-state index contributed by atoms with van der Waals surface area (Å²) in [5, 5.41) is 23.1. The zero-order chi connectivity index (χ0) is 16.8. The van der Waals surface area contributed by atoms with Crippen LogP contribution in [0.4, 0.5) is 11.4 Å². The van der Waals surface area contributed by atoms with Crippen molar-refractivity contribution in [3.05, 3.63) is 62.8 Å². The topological polar surface area (TPSA) is 118 Å². The van der Waals surface area contributed by atoms with Gasteiger partial charge in [-0.05, 0) is 35.0 Å². The second-order valence-electron chi connectivity index (χ2n) is 4.33. The Bertz CT molecular complexity index is 825. The molecular weight excluding hydrogens is 300 g/mol. The van der Waals surface area contributed by atoms with Crippen LogP contribution in [-0.2, 0) is 0 Å². The van der Waals surface area contributed by atoms with Crippen LogP contribution < -0.4 is 4.74 Å². The van der Waals surface area contributed by atoms with Crippen molar-refractivity contribution < 1.29 is 9.66 Å². The van der Waals surface area contributed by atoms with Crippen molar-refractivity contribution in [2.75, 3.05) is 7.11 Å². The van der Waals surface area contributed by atoms with E-state index in [1.807, 2.05) is 6.07 Å². The molecule has 8 nitrogen and oxygen atoms in total. The number of hydrogen-bond donors (Lipinski definition) is 0. The average molecular weight is 310 g/mol. The van der Waals surface area contributed by atoms with E-state index in [2.05, 4.69) is 10.2 Å². The van der Waals surface area contributed by atoms with Gasteiger partial charge in [0.05, 0.1) is 23.3 Å². The predicted molar refractivity (Wildman–Crippen MR) is 82.8 cm³/mol. The summed E-state index contributed by atoms with van der Waals surface area (Å²) < 4.78 is 4.87. The number of rotatable bonds is 5. The minimum atomic E-state index is -0.683. The van der Waals surface area contributed by atoms with E-state index in [4.69, 9.17) is 4.74 Å². The van der Waals surface area contributed by atoms with E-state index in [-0.39, 0.29) is 22.6 Å². The van der Waals surface area contributed by atoms with Crippen LogP contribution >= 0.6 is 0 Å². The molecule has 0 saturated heterocycles. The summed E-state index contributed by atoms with van der Waals surface area (Å²) in [6, 6.07) is 9.52. The molecule has 0 aliphatic heterocycles. The largest absolute Gasteiger partial charge is 0.489 e. The zero-order valence-electron chi connectivity index (χ0n) is 12.0. The number of pyridine rings is 1. The molecule has 0 atom stereocenters. The molecular formula is C15H10N4O4. The Morgan fingerprint density at radius 1 is 1.48 bits per heavy atom. The first kappa shape index (κ1) is 15.8. The zero-order valence-corrected chi connectivity index (χ0v) is 12.0. The molecule has 0 saturated carbocycles. The minimum Gasteiger partial charge on any atom is -0.489 e. The van der Waals surface area contributed by atoms with E-state index in [1.165, 1.54) is 31.5 Å². The van der Waals surface area contributed by atoms with E-state index in [0.717, 1.165) is 0 Å². The van der Waals surface area contributed by atoms with Crippen molar-refractivity contribution in [2.24, 2.45) is 5.18 Å². The molecule has 0 unspecified atom stereocenters. The second-order valence-corrected chi connectivity index (χ2v) is 4.33. The van der Waals surface area contributed by atoms with E-state index in [0.29, 0.717) is 5.69 Å². The number of nitrogens with zero attached hydrogens (tertiary/aromatic N) is 4. The summed E-state index contributed by atoms with van der Waals surface area (Å²) in [5.41, 5.74) is 0.255. The number of nitroso groups, excluding NO2 is 1. The van der Waals surface area contributed by atoms with Gasteiger partial charge in [-0.15, -0.1) is 4.91 Å². The van der Waals surface area contributed by atoms with Crippen LogP contribution in [0, 0.1) is 26.4 Å². The van der Waals surface area contributed by atoms with Crippen molar-refractivity contribution in [3.63, 3.8) is 0 Å². The standard InChI is InChI=1S/C15H10N4O4/c1-23-15-13(18-20)7-10(8-14(15)19(21)22)6-11(9-16)12-4-2-3-5-17-12/h2-8H,1H3/b11-6+. The summed E-state index contributed by atoms with van der Waals surface area (Å²) in [4.78, 5) is 25.4. The van der Waals surface area contributed by atoms with E-state index < -0.39 is 10.6 Å². The Morgan fingerprint density at radius 3 is 2.78 bits per heavy atom. The first-order valence-electron chi connectivity index (χ1n) is 6.33. The normalized spacial score (nSPS) is 10.7. The van der Waals surface area contributed by atoms with Gasteiger partial charge in [0.15, 0.2) is 5.69 Å². The quantitative estimate of drug-likeness (QED) is 0.361.